The molecule has 2 heterocycles. The molecule has 2 atom stereocenters. The van der Waals surface area contributed by atoms with Crippen LogP contribution in [-0.2, 0) is 16.1 Å². The lowest BCUT2D eigenvalue weighted by Gasteiger charge is -2.46. The highest BCUT2D eigenvalue weighted by Crippen LogP contribution is 2.36. The van der Waals surface area contributed by atoms with E-state index in [1.165, 1.54) is 24.8 Å². The molecule has 2 saturated heterocycles. The Morgan fingerprint density at radius 3 is 2.55 bits per heavy atom. The third-order valence-electron chi connectivity index (χ3n) is 5.40. The number of Topliss-reactive ketones (excluding diaryl/α,β-unsaturated/α-hetero) is 1. The van der Waals surface area contributed by atoms with Gasteiger partial charge in [0.1, 0.15) is 5.78 Å². The van der Waals surface area contributed by atoms with Crippen LogP contribution in [0, 0.1) is 5.92 Å². The van der Waals surface area contributed by atoms with Gasteiger partial charge in [0.05, 0.1) is 13.2 Å². The van der Waals surface area contributed by atoms with Crippen LogP contribution in [0.4, 0.5) is 0 Å². The molecular weight excluding hydrogens is 274 g/mol. The largest absolute Gasteiger partial charge is 0.376 e. The van der Waals surface area contributed by atoms with Crippen molar-refractivity contribution in [3.05, 3.63) is 35.9 Å². The van der Waals surface area contributed by atoms with Crippen molar-refractivity contribution in [3.63, 3.8) is 0 Å². The highest BCUT2D eigenvalue weighted by atomic mass is 16.5. The van der Waals surface area contributed by atoms with Crippen molar-refractivity contribution in [1.29, 1.82) is 0 Å². The zero-order chi connectivity index (χ0) is 15.4. The molecule has 3 rings (SSSR count). The predicted octanol–water partition coefficient (Wildman–Crippen LogP) is 3.43. The van der Waals surface area contributed by atoms with E-state index >= 15 is 0 Å². The van der Waals surface area contributed by atoms with E-state index in [0.29, 0.717) is 37.5 Å². The maximum atomic E-state index is 12.4. The summed E-state index contributed by atoms with van der Waals surface area (Å²) in [6, 6.07) is 11.4. The van der Waals surface area contributed by atoms with Crippen molar-refractivity contribution in [3.8, 4) is 0 Å². The van der Waals surface area contributed by atoms with Crippen LogP contribution in [0.5, 0.6) is 0 Å². The van der Waals surface area contributed by atoms with E-state index in [-0.39, 0.29) is 5.92 Å². The Labute approximate surface area is 133 Å². The molecule has 0 aliphatic carbocycles. The van der Waals surface area contributed by atoms with Gasteiger partial charge in [0.25, 0.3) is 0 Å². The Balaban J connectivity index is 1.41. The van der Waals surface area contributed by atoms with Crippen molar-refractivity contribution in [1.82, 2.24) is 4.90 Å². The molecule has 3 nitrogen and oxygen atoms in total. The van der Waals surface area contributed by atoms with Crippen molar-refractivity contribution in [2.45, 2.75) is 57.2 Å². The van der Waals surface area contributed by atoms with Crippen molar-refractivity contribution in [2.24, 2.45) is 5.92 Å². The number of benzene rings is 1. The Bertz CT molecular complexity index is 473. The smallest absolute Gasteiger partial charge is 0.138 e. The van der Waals surface area contributed by atoms with Gasteiger partial charge in [-0.05, 0) is 38.3 Å². The lowest BCUT2D eigenvalue weighted by Crippen LogP contribution is -2.51. The van der Waals surface area contributed by atoms with Crippen LogP contribution in [-0.4, -0.2) is 36.4 Å². The summed E-state index contributed by atoms with van der Waals surface area (Å²) in [5.74, 6) is 0.685. The van der Waals surface area contributed by atoms with Gasteiger partial charge in [-0.25, -0.2) is 0 Å². The van der Waals surface area contributed by atoms with Crippen molar-refractivity contribution < 1.29 is 9.53 Å². The first-order chi connectivity index (χ1) is 10.7. The summed E-state index contributed by atoms with van der Waals surface area (Å²) in [5.41, 5.74) is 1.17. The highest BCUT2D eigenvalue weighted by Gasteiger charge is 2.38. The van der Waals surface area contributed by atoms with E-state index in [2.05, 4.69) is 24.1 Å². The summed E-state index contributed by atoms with van der Waals surface area (Å²) in [4.78, 5) is 15.0. The van der Waals surface area contributed by atoms with Crippen LogP contribution in [0.1, 0.15) is 44.1 Å². The zero-order valence-electron chi connectivity index (χ0n) is 13.5. The first kappa shape index (κ1) is 15.7. The zero-order valence-corrected chi connectivity index (χ0v) is 13.5. The van der Waals surface area contributed by atoms with Crippen LogP contribution in [0.25, 0.3) is 0 Å². The number of nitrogens with zero attached hydrogens (tertiary/aromatic N) is 1. The Hall–Kier alpha value is -1.19. The second-order valence-corrected chi connectivity index (χ2v) is 6.83. The van der Waals surface area contributed by atoms with Gasteiger partial charge in [-0.1, -0.05) is 36.8 Å². The summed E-state index contributed by atoms with van der Waals surface area (Å²) in [6.07, 6.45) is 6.55. The lowest BCUT2D eigenvalue weighted by atomic mass is 9.76. The summed E-state index contributed by atoms with van der Waals surface area (Å²) in [5, 5.41) is 0. The molecule has 2 aliphatic rings. The number of ether oxygens (including phenoxy) is 1. The number of hydrogen-bond donors (Lipinski definition) is 0. The number of carbonyl (C=O) groups is 1. The van der Waals surface area contributed by atoms with Gasteiger partial charge in [-0.3, -0.25) is 4.79 Å². The second-order valence-electron chi connectivity index (χ2n) is 6.83. The standard InChI is InChI=1S/C19H27NO2/c1-20-17-8-5-9-18(20)13-16(12-17)19(21)10-11-22-14-15-6-3-2-4-7-15/h2-4,6-7,16-18H,5,8-14H2,1H3. The predicted molar refractivity (Wildman–Crippen MR) is 87.6 cm³/mol. The van der Waals surface area contributed by atoms with E-state index in [1.54, 1.807) is 0 Å². The van der Waals surface area contributed by atoms with Gasteiger partial charge in [-0.2, -0.15) is 0 Å². The molecule has 0 amide bonds. The van der Waals surface area contributed by atoms with Crippen LogP contribution in [0.3, 0.4) is 0 Å². The minimum Gasteiger partial charge on any atom is -0.376 e. The number of rotatable bonds is 6. The molecule has 2 aliphatic heterocycles. The highest BCUT2D eigenvalue weighted by molar-refractivity contribution is 5.81. The minimum atomic E-state index is 0.270. The second kappa shape index (κ2) is 7.38. The molecule has 1 aromatic carbocycles. The van der Waals surface area contributed by atoms with Crippen molar-refractivity contribution in [2.75, 3.05) is 13.7 Å². The molecule has 0 radical (unpaired) electrons. The lowest BCUT2D eigenvalue weighted by molar-refractivity contribution is -0.127. The van der Waals surface area contributed by atoms with E-state index in [4.69, 9.17) is 4.74 Å². The van der Waals surface area contributed by atoms with Crippen LogP contribution in [0.2, 0.25) is 0 Å². The van der Waals surface area contributed by atoms with Gasteiger partial charge in [0, 0.05) is 24.4 Å². The maximum absolute atomic E-state index is 12.4. The van der Waals surface area contributed by atoms with Gasteiger partial charge < -0.3 is 9.64 Å². The van der Waals surface area contributed by atoms with E-state index in [1.807, 2.05) is 18.2 Å². The van der Waals surface area contributed by atoms with Gasteiger partial charge in [0.15, 0.2) is 0 Å². The number of fused-ring (bicyclic) bond motifs is 2. The molecule has 2 unspecified atom stereocenters. The van der Waals surface area contributed by atoms with Gasteiger partial charge in [-0.15, -0.1) is 0 Å². The maximum Gasteiger partial charge on any atom is 0.138 e. The first-order valence-corrected chi connectivity index (χ1v) is 8.60. The molecule has 0 aromatic heterocycles. The Kier molecular flexibility index (Phi) is 5.27. The van der Waals surface area contributed by atoms with Gasteiger partial charge in [0.2, 0.25) is 0 Å². The van der Waals surface area contributed by atoms with Crippen LogP contribution >= 0.6 is 0 Å². The third-order valence-corrected chi connectivity index (χ3v) is 5.40. The molecule has 2 fully saturated rings. The summed E-state index contributed by atoms with van der Waals surface area (Å²) in [7, 11) is 2.23. The third kappa shape index (κ3) is 3.76. The van der Waals surface area contributed by atoms with Crippen LogP contribution < -0.4 is 0 Å². The molecular formula is C19H27NO2. The van der Waals surface area contributed by atoms with E-state index in [9.17, 15) is 4.79 Å². The van der Waals surface area contributed by atoms with Crippen molar-refractivity contribution >= 4 is 5.78 Å². The SMILES string of the molecule is CN1C2CCCC1CC(C(=O)CCOCc1ccccc1)C2. The molecule has 0 N–H and O–H groups in total. The number of ketones is 1. The molecule has 0 spiro atoms. The van der Waals surface area contributed by atoms with Crippen LogP contribution in [0.15, 0.2) is 30.3 Å². The molecule has 0 saturated carbocycles. The normalized spacial score (nSPS) is 28.5. The summed E-state index contributed by atoms with van der Waals surface area (Å²) in [6.45, 7) is 1.15. The summed E-state index contributed by atoms with van der Waals surface area (Å²) >= 11 is 0. The van der Waals surface area contributed by atoms with Gasteiger partial charge >= 0.3 is 0 Å². The molecule has 120 valence electrons. The van der Waals surface area contributed by atoms with E-state index < -0.39 is 0 Å². The number of hydrogen-bond acceptors (Lipinski definition) is 3. The topological polar surface area (TPSA) is 29.5 Å². The minimum absolute atomic E-state index is 0.270. The average Bonchev–Trinajstić information content (AvgIpc) is 2.52. The fourth-order valence-corrected chi connectivity index (χ4v) is 4.02. The number of carbonyl (C=O) groups excluding carboxylic acids is 1. The Morgan fingerprint density at radius 1 is 1.18 bits per heavy atom. The molecule has 3 heteroatoms. The Morgan fingerprint density at radius 2 is 1.86 bits per heavy atom. The number of piperidine rings is 2. The summed E-state index contributed by atoms with van der Waals surface area (Å²) < 4.78 is 5.67. The average molecular weight is 301 g/mol. The molecule has 2 bridgehead atoms. The fraction of sp³-hybridized carbons (Fsp3) is 0.632. The quantitative estimate of drug-likeness (QED) is 0.754. The molecule has 22 heavy (non-hydrogen) atoms. The fourth-order valence-electron chi connectivity index (χ4n) is 4.02. The van der Waals surface area contributed by atoms with E-state index in [0.717, 1.165) is 12.8 Å². The monoisotopic (exact) mass is 301 g/mol. The first-order valence-electron chi connectivity index (χ1n) is 8.60. The molecule has 1 aromatic rings.